The molecule has 0 saturated carbocycles. The van der Waals surface area contributed by atoms with E-state index in [4.69, 9.17) is 11.6 Å². The van der Waals surface area contributed by atoms with E-state index in [2.05, 4.69) is 10.6 Å². The summed E-state index contributed by atoms with van der Waals surface area (Å²) in [5.74, 6) is -5.24. The summed E-state index contributed by atoms with van der Waals surface area (Å²) in [5, 5.41) is 5.51. The highest BCUT2D eigenvalue weighted by molar-refractivity contribution is 6.30. The Morgan fingerprint density at radius 1 is 0.750 bits per heavy atom. The summed E-state index contributed by atoms with van der Waals surface area (Å²) in [4.78, 5) is 39.0. The van der Waals surface area contributed by atoms with Crippen LogP contribution in [0.5, 0.6) is 0 Å². The lowest BCUT2D eigenvalue weighted by Crippen LogP contribution is -2.56. The standard InChI is InChI=1S/C31H32ClF3N2O3/c1-19(2)27(29(39)31(33,34)35)37-30(40)28(20(3)21-11-6-4-7-12-21)36-26(38)18-25(22-13-8-5-9-14-22)23-15-10-16-24(32)17-23/h4-17,19-20,25,27-28H,18H2,1-3H3,(H,36,38)(H,37,40)/t20-,25?,27-,28-/m0/s1. The summed E-state index contributed by atoms with van der Waals surface area (Å²) < 4.78 is 39.8. The Kier molecular flexibility index (Phi) is 10.5. The molecule has 0 aliphatic carbocycles. The van der Waals surface area contributed by atoms with Crippen molar-refractivity contribution in [2.24, 2.45) is 5.92 Å². The second-order valence-corrected chi connectivity index (χ2v) is 10.5. The smallest absolute Gasteiger partial charge is 0.344 e. The second kappa shape index (κ2) is 13.6. The minimum Gasteiger partial charge on any atom is -0.344 e. The molecular formula is C31H32ClF3N2O3. The first-order valence-corrected chi connectivity index (χ1v) is 13.3. The van der Waals surface area contributed by atoms with Crippen molar-refractivity contribution in [3.05, 3.63) is 107 Å². The van der Waals surface area contributed by atoms with Crippen LogP contribution in [0.1, 0.15) is 55.7 Å². The average Bonchev–Trinajstić information content (AvgIpc) is 2.92. The van der Waals surface area contributed by atoms with Crippen LogP contribution in [0.4, 0.5) is 13.2 Å². The fourth-order valence-corrected chi connectivity index (χ4v) is 4.77. The first-order valence-electron chi connectivity index (χ1n) is 12.9. The minimum absolute atomic E-state index is 0.0509. The maximum Gasteiger partial charge on any atom is 0.452 e. The molecule has 212 valence electrons. The Morgan fingerprint density at radius 2 is 1.30 bits per heavy atom. The lowest BCUT2D eigenvalue weighted by molar-refractivity contribution is -0.175. The average molecular weight is 573 g/mol. The van der Waals surface area contributed by atoms with Crippen LogP contribution in [0, 0.1) is 5.92 Å². The van der Waals surface area contributed by atoms with Gasteiger partial charge >= 0.3 is 6.18 Å². The fraction of sp³-hybridized carbons (Fsp3) is 0.323. The Morgan fingerprint density at radius 3 is 1.82 bits per heavy atom. The number of nitrogens with one attached hydrogen (secondary N) is 2. The summed E-state index contributed by atoms with van der Waals surface area (Å²) in [6.07, 6.45) is -5.17. The topological polar surface area (TPSA) is 75.3 Å². The van der Waals surface area contributed by atoms with Gasteiger partial charge in [0.05, 0.1) is 6.04 Å². The zero-order chi connectivity index (χ0) is 29.4. The zero-order valence-electron chi connectivity index (χ0n) is 22.4. The van der Waals surface area contributed by atoms with Crippen LogP contribution in [-0.4, -0.2) is 35.9 Å². The third-order valence-corrected chi connectivity index (χ3v) is 7.03. The van der Waals surface area contributed by atoms with E-state index in [1.165, 1.54) is 13.8 Å². The van der Waals surface area contributed by atoms with E-state index in [0.29, 0.717) is 10.6 Å². The van der Waals surface area contributed by atoms with E-state index in [0.717, 1.165) is 11.1 Å². The molecule has 0 aliphatic rings. The molecule has 0 radical (unpaired) electrons. The van der Waals surface area contributed by atoms with Crippen LogP contribution in [0.3, 0.4) is 0 Å². The van der Waals surface area contributed by atoms with Crippen molar-refractivity contribution in [3.8, 4) is 0 Å². The predicted octanol–water partition coefficient (Wildman–Crippen LogP) is 6.42. The molecule has 0 heterocycles. The number of hydrogen-bond donors (Lipinski definition) is 2. The quantitative estimate of drug-likeness (QED) is 0.278. The van der Waals surface area contributed by atoms with Gasteiger partial charge in [0.15, 0.2) is 0 Å². The van der Waals surface area contributed by atoms with E-state index in [-0.39, 0.29) is 6.42 Å². The molecule has 9 heteroatoms. The Hall–Kier alpha value is -3.65. The van der Waals surface area contributed by atoms with E-state index in [1.807, 2.05) is 36.4 Å². The fourth-order valence-electron chi connectivity index (χ4n) is 4.58. The van der Waals surface area contributed by atoms with Gasteiger partial charge in [-0.25, -0.2) is 0 Å². The SMILES string of the molecule is CC(C)[C@H](NC(=O)[C@@H](NC(=O)CC(c1ccccc1)c1cccc(Cl)c1)[C@@H](C)c1ccccc1)C(=O)C(F)(F)F. The van der Waals surface area contributed by atoms with Gasteiger partial charge in [0.1, 0.15) is 6.04 Å². The third-order valence-electron chi connectivity index (χ3n) is 6.79. The molecule has 40 heavy (non-hydrogen) atoms. The van der Waals surface area contributed by atoms with E-state index >= 15 is 0 Å². The van der Waals surface area contributed by atoms with Crippen LogP contribution < -0.4 is 10.6 Å². The van der Waals surface area contributed by atoms with Crippen LogP contribution in [0.2, 0.25) is 5.02 Å². The molecule has 0 aromatic heterocycles. The van der Waals surface area contributed by atoms with Gasteiger partial charge in [-0.3, -0.25) is 14.4 Å². The van der Waals surface area contributed by atoms with Gasteiger partial charge in [-0.15, -0.1) is 0 Å². The maximum absolute atomic E-state index is 13.5. The van der Waals surface area contributed by atoms with Crippen molar-refractivity contribution < 1.29 is 27.6 Å². The maximum atomic E-state index is 13.5. The zero-order valence-corrected chi connectivity index (χ0v) is 23.2. The van der Waals surface area contributed by atoms with Crippen molar-refractivity contribution in [2.75, 3.05) is 0 Å². The van der Waals surface area contributed by atoms with Gasteiger partial charge in [0.25, 0.3) is 5.78 Å². The first kappa shape index (κ1) is 30.9. The van der Waals surface area contributed by atoms with Crippen LogP contribution >= 0.6 is 11.6 Å². The van der Waals surface area contributed by atoms with Gasteiger partial charge in [-0.05, 0) is 34.7 Å². The largest absolute Gasteiger partial charge is 0.452 e. The lowest BCUT2D eigenvalue weighted by Gasteiger charge is -2.29. The highest BCUT2D eigenvalue weighted by atomic mass is 35.5. The molecule has 2 N–H and O–H groups in total. The van der Waals surface area contributed by atoms with Gasteiger partial charge < -0.3 is 10.6 Å². The minimum atomic E-state index is -5.12. The summed E-state index contributed by atoms with van der Waals surface area (Å²) in [7, 11) is 0. The molecule has 4 atom stereocenters. The summed E-state index contributed by atoms with van der Waals surface area (Å²) in [6.45, 7) is 4.53. The lowest BCUT2D eigenvalue weighted by atomic mass is 9.87. The molecule has 3 rings (SSSR count). The number of Topliss-reactive ketones (excluding diaryl/α,β-unsaturated/α-hetero) is 1. The van der Waals surface area contributed by atoms with Gasteiger partial charge in [-0.1, -0.05) is 105 Å². The van der Waals surface area contributed by atoms with Gasteiger partial charge in [0, 0.05) is 23.3 Å². The predicted molar refractivity (Wildman–Crippen MR) is 149 cm³/mol. The van der Waals surface area contributed by atoms with Crippen LogP contribution in [-0.2, 0) is 14.4 Å². The van der Waals surface area contributed by atoms with Crippen molar-refractivity contribution in [3.63, 3.8) is 0 Å². The number of hydrogen-bond acceptors (Lipinski definition) is 3. The molecule has 1 unspecified atom stereocenters. The number of benzene rings is 3. The van der Waals surface area contributed by atoms with E-state index in [1.54, 1.807) is 55.5 Å². The van der Waals surface area contributed by atoms with Gasteiger partial charge in [0.2, 0.25) is 11.8 Å². The van der Waals surface area contributed by atoms with Crippen LogP contribution in [0.25, 0.3) is 0 Å². The molecule has 0 saturated heterocycles. The Bertz CT molecular complexity index is 1300. The molecule has 0 aliphatic heterocycles. The first-order chi connectivity index (χ1) is 18.9. The highest BCUT2D eigenvalue weighted by Crippen LogP contribution is 2.30. The summed E-state index contributed by atoms with van der Waals surface area (Å²) in [6, 6.07) is 22.2. The third kappa shape index (κ3) is 8.18. The van der Waals surface area contributed by atoms with Gasteiger partial charge in [-0.2, -0.15) is 13.2 Å². The van der Waals surface area contributed by atoms with E-state index in [9.17, 15) is 27.6 Å². The number of ketones is 1. The number of halogens is 4. The monoisotopic (exact) mass is 572 g/mol. The number of amides is 2. The van der Waals surface area contributed by atoms with Crippen LogP contribution in [0.15, 0.2) is 84.9 Å². The van der Waals surface area contributed by atoms with Crippen molar-refractivity contribution in [2.45, 2.75) is 57.3 Å². The molecule has 0 spiro atoms. The number of carbonyl (C=O) groups excluding carboxylic acids is 3. The molecule has 3 aromatic rings. The molecule has 0 bridgehead atoms. The summed E-state index contributed by atoms with van der Waals surface area (Å²) in [5.41, 5.74) is 2.34. The number of alkyl halides is 3. The number of rotatable bonds is 11. The normalized spacial score (nSPS) is 14.6. The molecule has 2 amide bonds. The van der Waals surface area contributed by atoms with Crippen molar-refractivity contribution in [1.29, 1.82) is 0 Å². The molecular weight excluding hydrogens is 541 g/mol. The summed E-state index contributed by atoms with van der Waals surface area (Å²) >= 11 is 6.22. The number of carbonyl (C=O) groups is 3. The molecule has 0 fully saturated rings. The van der Waals surface area contributed by atoms with E-state index < -0.39 is 53.6 Å². The second-order valence-electron chi connectivity index (χ2n) is 10.1. The Labute approximate surface area is 237 Å². The molecule has 5 nitrogen and oxygen atoms in total. The Balaban J connectivity index is 1.91. The van der Waals surface area contributed by atoms with Crippen molar-refractivity contribution in [1.82, 2.24) is 10.6 Å². The molecule has 3 aromatic carbocycles. The highest BCUT2D eigenvalue weighted by Gasteiger charge is 2.45. The van der Waals surface area contributed by atoms with Crippen molar-refractivity contribution >= 4 is 29.2 Å².